The van der Waals surface area contributed by atoms with Crippen molar-refractivity contribution in [3.8, 4) is 0 Å². The highest BCUT2D eigenvalue weighted by Crippen LogP contribution is 2.14. The summed E-state index contributed by atoms with van der Waals surface area (Å²) in [6.07, 6.45) is 0.115. The normalized spacial score (nSPS) is 11.4. The van der Waals surface area contributed by atoms with E-state index in [1.165, 1.54) is 12.1 Å². The van der Waals surface area contributed by atoms with Gasteiger partial charge >= 0.3 is 5.97 Å². The Labute approximate surface area is 101 Å². The van der Waals surface area contributed by atoms with Crippen LogP contribution in [0.1, 0.15) is 31.9 Å². The van der Waals surface area contributed by atoms with Crippen LogP contribution in [0.3, 0.4) is 0 Å². The number of carbonyl (C=O) groups is 1. The standard InChI is InChI=1S/C13H18FNO2/c1-13(2,3)17-12(16)7-9-4-5-11(14)6-10(9)8-15/h4-6H,7-8,15H2,1-3H3. The third-order valence-corrected chi connectivity index (χ3v) is 2.14. The van der Waals surface area contributed by atoms with Gasteiger partial charge < -0.3 is 10.5 Å². The molecule has 0 bridgehead atoms. The molecular formula is C13H18FNO2. The van der Waals surface area contributed by atoms with Crippen molar-refractivity contribution in [2.24, 2.45) is 5.73 Å². The summed E-state index contributed by atoms with van der Waals surface area (Å²) in [6, 6.07) is 4.24. The minimum atomic E-state index is -0.514. The zero-order chi connectivity index (χ0) is 13.1. The lowest BCUT2D eigenvalue weighted by molar-refractivity contribution is -0.153. The second-order valence-corrected chi connectivity index (χ2v) is 4.88. The lowest BCUT2D eigenvalue weighted by Gasteiger charge is -2.20. The van der Waals surface area contributed by atoms with E-state index in [2.05, 4.69) is 0 Å². The molecule has 0 aliphatic heterocycles. The van der Waals surface area contributed by atoms with Gasteiger partial charge in [0, 0.05) is 6.54 Å². The summed E-state index contributed by atoms with van der Waals surface area (Å²) >= 11 is 0. The quantitative estimate of drug-likeness (QED) is 0.822. The molecule has 0 atom stereocenters. The van der Waals surface area contributed by atoms with Crippen LogP contribution in [0.4, 0.5) is 4.39 Å². The Bertz CT molecular complexity index is 410. The zero-order valence-electron chi connectivity index (χ0n) is 10.4. The molecule has 94 valence electrons. The van der Waals surface area contributed by atoms with Crippen LogP contribution in [0, 0.1) is 5.82 Å². The summed E-state index contributed by atoms with van der Waals surface area (Å²) in [5.74, 6) is -0.683. The molecule has 17 heavy (non-hydrogen) atoms. The Morgan fingerprint density at radius 1 is 1.35 bits per heavy atom. The molecule has 1 aromatic rings. The van der Waals surface area contributed by atoms with E-state index in [1.54, 1.807) is 26.8 Å². The molecule has 0 saturated heterocycles. The molecule has 0 saturated carbocycles. The summed E-state index contributed by atoms with van der Waals surface area (Å²) in [6.45, 7) is 5.62. The summed E-state index contributed by atoms with van der Waals surface area (Å²) in [5, 5.41) is 0. The Morgan fingerprint density at radius 3 is 2.53 bits per heavy atom. The van der Waals surface area contributed by atoms with Crippen molar-refractivity contribution >= 4 is 5.97 Å². The van der Waals surface area contributed by atoms with Crippen LogP contribution in [-0.4, -0.2) is 11.6 Å². The van der Waals surface area contributed by atoms with Crippen LogP contribution in [0.25, 0.3) is 0 Å². The van der Waals surface area contributed by atoms with Gasteiger partial charge in [0.15, 0.2) is 0 Å². The van der Waals surface area contributed by atoms with Crippen LogP contribution in [-0.2, 0) is 22.5 Å². The van der Waals surface area contributed by atoms with E-state index in [0.717, 1.165) is 0 Å². The fraction of sp³-hybridized carbons (Fsp3) is 0.462. The van der Waals surface area contributed by atoms with E-state index in [4.69, 9.17) is 10.5 Å². The molecule has 0 spiro atoms. The number of esters is 1. The number of hydrogen-bond acceptors (Lipinski definition) is 3. The van der Waals surface area contributed by atoms with E-state index in [1.807, 2.05) is 0 Å². The van der Waals surface area contributed by atoms with Crippen LogP contribution in [0.15, 0.2) is 18.2 Å². The molecule has 0 aliphatic carbocycles. The maximum Gasteiger partial charge on any atom is 0.310 e. The number of hydrogen-bond donors (Lipinski definition) is 1. The van der Waals surface area contributed by atoms with Crippen molar-refractivity contribution in [3.63, 3.8) is 0 Å². The Balaban J connectivity index is 2.78. The predicted molar refractivity (Wildman–Crippen MR) is 63.8 cm³/mol. The maximum absolute atomic E-state index is 13.0. The third-order valence-electron chi connectivity index (χ3n) is 2.14. The van der Waals surface area contributed by atoms with Gasteiger partial charge in [0.1, 0.15) is 11.4 Å². The maximum atomic E-state index is 13.0. The van der Waals surface area contributed by atoms with Gasteiger partial charge in [0.25, 0.3) is 0 Å². The second kappa shape index (κ2) is 5.27. The van der Waals surface area contributed by atoms with Crippen LogP contribution in [0.5, 0.6) is 0 Å². The minimum absolute atomic E-state index is 0.115. The molecule has 4 heteroatoms. The van der Waals surface area contributed by atoms with Crippen LogP contribution >= 0.6 is 0 Å². The van der Waals surface area contributed by atoms with Gasteiger partial charge in [0.05, 0.1) is 6.42 Å². The average Bonchev–Trinajstić information content (AvgIpc) is 2.17. The van der Waals surface area contributed by atoms with E-state index in [0.29, 0.717) is 11.1 Å². The molecule has 0 heterocycles. The molecule has 0 radical (unpaired) electrons. The van der Waals surface area contributed by atoms with Crippen molar-refractivity contribution in [3.05, 3.63) is 35.1 Å². The van der Waals surface area contributed by atoms with Gasteiger partial charge in [-0.05, 0) is 44.0 Å². The van der Waals surface area contributed by atoms with E-state index in [9.17, 15) is 9.18 Å². The van der Waals surface area contributed by atoms with Gasteiger partial charge in [-0.15, -0.1) is 0 Å². The van der Waals surface area contributed by atoms with Gasteiger partial charge in [-0.1, -0.05) is 6.07 Å². The molecule has 0 fully saturated rings. The highest BCUT2D eigenvalue weighted by Gasteiger charge is 2.17. The van der Waals surface area contributed by atoms with E-state index >= 15 is 0 Å². The fourth-order valence-corrected chi connectivity index (χ4v) is 1.49. The molecule has 0 amide bonds. The number of rotatable bonds is 3. The highest BCUT2D eigenvalue weighted by atomic mass is 19.1. The highest BCUT2D eigenvalue weighted by molar-refractivity contribution is 5.73. The summed E-state index contributed by atoms with van der Waals surface area (Å²) < 4.78 is 18.2. The zero-order valence-corrected chi connectivity index (χ0v) is 10.4. The Hall–Kier alpha value is -1.42. The molecular weight excluding hydrogens is 221 g/mol. The smallest absolute Gasteiger partial charge is 0.310 e. The average molecular weight is 239 g/mol. The van der Waals surface area contributed by atoms with E-state index < -0.39 is 5.60 Å². The lowest BCUT2D eigenvalue weighted by atomic mass is 10.0. The van der Waals surface area contributed by atoms with Gasteiger partial charge in [-0.3, -0.25) is 4.79 Å². The molecule has 3 nitrogen and oxygen atoms in total. The summed E-state index contributed by atoms with van der Waals surface area (Å²) in [4.78, 5) is 11.6. The van der Waals surface area contributed by atoms with Gasteiger partial charge in [-0.25, -0.2) is 4.39 Å². The van der Waals surface area contributed by atoms with Crippen molar-refractivity contribution in [2.75, 3.05) is 0 Å². The predicted octanol–water partition coefficient (Wildman–Crippen LogP) is 2.17. The first-order valence-corrected chi connectivity index (χ1v) is 5.51. The molecule has 0 aliphatic rings. The number of benzene rings is 1. The number of halogens is 1. The van der Waals surface area contributed by atoms with Crippen molar-refractivity contribution in [2.45, 2.75) is 39.3 Å². The largest absolute Gasteiger partial charge is 0.460 e. The van der Waals surface area contributed by atoms with Crippen molar-refractivity contribution in [1.29, 1.82) is 0 Å². The Morgan fingerprint density at radius 2 is 2.00 bits per heavy atom. The minimum Gasteiger partial charge on any atom is -0.460 e. The van der Waals surface area contributed by atoms with Crippen molar-refractivity contribution < 1.29 is 13.9 Å². The summed E-state index contributed by atoms with van der Waals surface area (Å²) in [7, 11) is 0. The number of nitrogens with two attached hydrogens (primary N) is 1. The molecule has 1 aromatic carbocycles. The fourth-order valence-electron chi connectivity index (χ4n) is 1.49. The van der Waals surface area contributed by atoms with Gasteiger partial charge in [-0.2, -0.15) is 0 Å². The summed E-state index contributed by atoms with van der Waals surface area (Å²) in [5.41, 5.74) is 6.34. The third kappa shape index (κ3) is 4.53. The van der Waals surface area contributed by atoms with Crippen LogP contribution in [0.2, 0.25) is 0 Å². The molecule has 0 aromatic heterocycles. The number of ether oxygens (including phenoxy) is 1. The SMILES string of the molecule is CC(C)(C)OC(=O)Cc1ccc(F)cc1CN. The van der Waals surface area contributed by atoms with E-state index in [-0.39, 0.29) is 24.8 Å². The van der Waals surface area contributed by atoms with Crippen LogP contribution < -0.4 is 5.73 Å². The first-order valence-electron chi connectivity index (χ1n) is 5.51. The topological polar surface area (TPSA) is 52.3 Å². The second-order valence-electron chi connectivity index (χ2n) is 4.88. The monoisotopic (exact) mass is 239 g/mol. The first kappa shape index (κ1) is 13.6. The van der Waals surface area contributed by atoms with Crippen molar-refractivity contribution in [1.82, 2.24) is 0 Å². The first-order chi connectivity index (χ1) is 7.81. The molecule has 0 unspecified atom stereocenters. The Kier molecular flexibility index (Phi) is 4.23. The molecule has 1 rings (SSSR count). The lowest BCUT2D eigenvalue weighted by Crippen LogP contribution is -2.25. The number of carbonyl (C=O) groups excluding carboxylic acids is 1. The molecule has 2 N–H and O–H groups in total. The van der Waals surface area contributed by atoms with Gasteiger partial charge in [0.2, 0.25) is 0 Å².